The number of hydrogen-bond donors (Lipinski definition) is 2. The minimum absolute atomic E-state index is 0.106. The molecule has 3 aromatic rings. The molecule has 34 heavy (non-hydrogen) atoms. The van der Waals surface area contributed by atoms with Crippen molar-refractivity contribution >= 4 is 23.3 Å². The van der Waals surface area contributed by atoms with Crippen molar-refractivity contribution in [3.8, 4) is 5.75 Å². The van der Waals surface area contributed by atoms with Crippen LogP contribution in [0, 0.1) is 0 Å². The van der Waals surface area contributed by atoms with Gasteiger partial charge in [0.2, 0.25) is 0 Å². The molecule has 0 unspecified atom stereocenters. The number of fused-ring (bicyclic) bond motifs is 1. The number of carbonyl (C=O) groups is 1. The van der Waals surface area contributed by atoms with Gasteiger partial charge in [-0.25, -0.2) is 15.2 Å². The van der Waals surface area contributed by atoms with Crippen LogP contribution in [0.1, 0.15) is 58.2 Å². The molecular weight excluding hydrogens is 436 g/mol. The maximum Gasteiger partial charge on any atom is 0.332 e. The third kappa shape index (κ3) is 4.66. The number of phenolic OH excluding ortho intramolecular Hbond substituents is 1. The summed E-state index contributed by atoms with van der Waals surface area (Å²) in [6.07, 6.45) is 2.87. The summed E-state index contributed by atoms with van der Waals surface area (Å²) < 4.78 is 3.68. The van der Waals surface area contributed by atoms with Crippen LogP contribution in [0.4, 0.5) is 0 Å². The highest BCUT2D eigenvalue weighted by Crippen LogP contribution is 2.39. The highest BCUT2D eigenvalue weighted by atomic mass is 16.3. The van der Waals surface area contributed by atoms with Gasteiger partial charge in [0.25, 0.3) is 11.5 Å². The van der Waals surface area contributed by atoms with Gasteiger partial charge in [-0.3, -0.25) is 18.7 Å². The Bertz CT molecular complexity index is 1380. The van der Waals surface area contributed by atoms with Crippen LogP contribution in [0.25, 0.3) is 11.2 Å². The van der Waals surface area contributed by atoms with Crippen molar-refractivity contribution < 1.29 is 9.90 Å². The van der Waals surface area contributed by atoms with Gasteiger partial charge in [-0.1, -0.05) is 41.5 Å². The number of benzene rings is 1. The lowest BCUT2D eigenvalue weighted by atomic mass is 9.78. The molecule has 0 saturated carbocycles. The van der Waals surface area contributed by atoms with Gasteiger partial charge in [0.15, 0.2) is 5.52 Å². The van der Waals surface area contributed by atoms with E-state index in [9.17, 15) is 19.5 Å². The van der Waals surface area contributed by atoms with Gasteiger partial charge in [-0.2, -0.15) is 5.10 Å². The Kier molecular flexibility index (Phi) is 6.30. The number of carbonyl (C=O) groups excluding carboxylic acids is 1. The maximum absolute atomic E-state index is 12.5. The zero-order valence-corrected chi connectivity index (χ0v) is 20.9. The molecule has 0 radical (unpaired) electrons. The molecule has 2 heterocycles. The lowest BCUT2D eigenvalue weighted by Crippen LogP contribution is -2.37. The molecule has 0 aliphatic heterocycles. The van der Waals surface area contributed by atoms with Crippen molar-refractivity contribution in [2.24, 2.45) is 19.2 Å². The smallest absolute Gasteiger partial charge is 0.332 e. The van der Waals surface area contributed by atoms with Gasteiger partial charge < -0.3 is 9.67 Å². The van der Waals surface area contributed by atoms with E-state index >= 15 is 0 Å². The first-order chi connectivity index (χ1) is 15.6. The Hall–Kier alpha value is -3.69. The average molecular weight is 469 g/mol. The van der Waals surface area contributed by atoms with E-state index in [-0.39, 0.29) is 34.3 Å². The van der Waals surface area contributed by atoms with Gasteiger partial charge in [0.1, 0.15) is 17.9 Å². The molecule has 0 atom stereocenters. The van der Waals surface area contributed by atoms with E-state index in [1.54, 1.807) is 0 Å². The van der Waals surface area contributed by atoms with E-state index in [2.05, 4.69) is 15.5 Å². The molecule has 0 fully saturated rings. The predicted molar refractivity (Wildman–Crippen MR) is 131 cm³/mol. The molecule has 0 aliphatic carbocycles. The number of imidazole rings is 1. The van der Waals surface area contributed by atoms with Crippen molar-refractivity contribution in [1.82, 2.24) is 24.1 Å². The standard InChI is InChI=1S/C24H32N6O4/c1-23(2,3)15-9-14(10-16(19(15)32)24(4,5)6)11-26-27-17(31)12-30-13-25-18-20(30)28(7)22(34)29(8)21(18)33/h9-11,13,32H,12H2,1-8H3,(H,27,31). The Morgan fingerprint density at radius 2 is 1.62 bits per heavy atom. The lowest BCUT2D eigenvalue weighted by molar-refractivity contribution is -0.121. The molecule has 1 aromatic carbocycles. The number of hydrogen-bond acceptors (Lipinski definition) is 6. The number of rotatable bonds is 4. The minimum Gasteiger partial charge on any atom is -0.507 e. The number of aromatic nitrogens is 4. The molecule has 1 amide bonds. The Balaban J connectivity index is 1.86. The summed E-state index contributed by atoms with van der Waals surface area (Å²) in [5, 5.41) is 14.9. The highest BCUT2D eigenvalue weighted by Gasteiger charge is 2.26. The Labute approximate surface area is 197 Å². The van der Waals surface area contributed by atoms with E-state index in [1.807, 2.05) is 53.7 Å². The molecule has 10 nitrogen and oxygen atoms in total. The number of phenols is 1. The van der Waals surface area contributed by atoms with E-state index in [0.29, 0.717) is 0 Å². The van der Waals surface area contributed by atoms with Gasteiger partial charge >= 0.3 is 5.69 Å². The van der Waals surface area contributed by atoms with Crippen LogP contribution in [0.2, 0.25) is 0 Å². The average Bonchev–Trinajstić information content (AvgIpc) is 3.13. The molecule has 0 spiro atoms. The molecule has 2 aromatic heterocycles. The number of aromatic hydroxyl groups is 1. The van der Waals surface area contributed by atoms with Gasteiger partial charge in [0, 0.05) is 25.2 Å². The van der Waals surface area contributed by atoms with Crippen molar-refractivity contribution in [3.63, 3.8) is 0 Å². The Morgan fingerprint density at radius 1 is 1.06 bits per heavy atom. The van der Waals surface area contributed by atoms with E-state index in [1.165, 1.54) is 35.8 Å². The van der Waals surface area contributed by atoms with Crippen molar-refractivity contribution in [2.75, 3.05) is 0 Å². The Morgan fingerprint density at radius 3 is 2.15 bits per heavy atom. The molecule has 0 aliphatic rings. The highest BCUT2D eigenvalue weighted by molar-refractivity contribution is 5.84. The number of nitrogens with zero attached hydrogens (tertiary/aromatic N) is 5. The van der Waals surface area contributed by atoms with Gasteiger partial charge in [-0.15, -0.1) is 0 Å². The second-order valence-corrected chi connectivity index (χ2v) is 10.5. The maximum atomic E-state index is 12.5. The molecule has 2 N–H and O–H groups in total. The van der Waals surface area contributed by atoms with Crippen LogP contribution < -0.4 is 16.7 Å². The number of amides is 1. The summed E-state index contributed by atoms with van der Waals surface area (Å²) in [7, 11) is 2.90. The van der Waals surface area contributed by atoms with Crippen molar-refractivity contribution in [3.05, 3.63) is 56.0 Å². The van der Waals surface area contributed by atoms with Crippen LogP contribution in [0.15, 0.2) is 33.2 Å². The molecule has 3 rings (SSSR count). The van der Waals surface area contributed by atoms with Crippen LogP contribution in [-0.4, -0.2) is 35.9 Å². The molecule has 10 heteroatoms. The molecular formula is C24H32N6O4. The predicted octanol–water partition coefficient (Wildman–Crippen LogP) is 1.88. The second kappa shape index (κ2) is 8.58. The quantitative estimate of drug-likeness (QED) is 0.447. The van der Waals surface area contributed by atoms with Crippen molar-refractivity contribution in [2.45, 2.75) is 58.9 Å². The molecule has 0 bridgehead atoms. The molecule has 0 saturated heterocycles. The first-order valence-corrected chi connectivity index (χ1v) is 10.9. The van der Waals surface area contributed by atoms with Crippen LogP contribution in [0.5, 0.6) is 5.75 Å². The van der Waals surface area contributed by atoms with Crippen molar-refractivity contribution in [1.29, 1.82) is 0 Å². The fourth-order valence-electron chi connectivity index (χ4n) is 3.80. The first-order valence-electron chi connectivity index (χ1n) is 10.9. The van der Waals surface area contributed by atoms with E-state index in [0.717, 1.165) is 21.3 Å². The third-order valence-corrected chi connectivity index (χ3v) is 5.67. The van der Waals surface area contributed by atoms with E-state index < -0.39 is 17.2 Å². The lowest BCUT2D eigenvalue weighted by Gasteiger charge is -2.27. The van der Waals surface area contributed by atoms with Gasteiger partial charge in [0.05, 0.1) is 12.5 Å². The SMILES string of the molecule is Cn1c(=O)c2ncn(CC(=O)NN=Cc3cc(C(C)(C)C)c(O)c(C(C)(C)C)c3)c2n(C)c1=O. The fraction of sp³-hybridized carbons (Fsp3) is 0.458. The van der Waals surface area contributed by atoms with Crippen LogP contribution in [-0.2, 0) is 36.3 Å². The first kappa shape index (κ1) is 24.9. The largest absolute Gasteiger partial charge is 0.507 e. The third-order valence-electron chi connectivity index (χ3n) is 5.67. The topological polar surface area (TPSA) is 124 Å². The summed E-state index contributed by atoms with van der Waals surface area (Å²) in [5.74, 6) is -0.181. The monoisotopic (exact) mass is 468 g/mol. The molecule has 182 valence electrons. The summed E-state index contributed by atoms with van der Waals surface area (Å²) in [6.45, 7) is 12.0. The summed E-state index contributed by atoms with van der Waals surface area (Å²) in [5.41, 5.74) is 3.57. The number of nitrogens with one attached hydrogen (secondary N) is 1. The number of hydrazone groups is 1. The summed E-state index contributed by atoms with van der Waals surface area (Å²) in [4.78, 5) is 41.1. The second-order valence-electron chi connectivity index (χ2n) is 10.5. The van der Waals surface area contributed by atoms with Crippen LogP contribution in [0.3, 0.4) is 0 Å². The fourth-order valence-corrected chi connectivity index (χ4v) is 3.80. The van der Waals surface area contributed by atoms with Gasteiger partial charge in [-0.05, 0) is 28.5 Å². The number of aryl methyl sites for hydroxylation is 1. The minimum atomic E-state index is -0.521. The normalized spacial score (nSPS) is 12.6. The summed E-state index contributed by atoms with van der Waals surface area (Å²) >= 11 is 0. The van der Waals surface area contributed by atoms with Crippen LogP contribution >= 0.6 is 0 Å². The zero-order valence-electron chi connectivity index (χ0n) is 20.9. The summed E-state index contributed by atoms with van der Waals surface area (Å²) in [6, 6.07) is 3.71. The zero-order chi connectivity index (χ0) is 25.6. The van der Waals surface area contributed by atoms with E-state index in [4.69, 9.17) is 0 Å².